The summed E-state index contributed by atoms with van der Waals surface area (Å²) >= 11 is 0. The first-order chi connectivity index (χ1) is 6.75. The summed E-state index contributed by atoms with van der Waals surface area (Å²) in [5, 5.41) is 14.1. The highest BCUT2D eigenvalue weighted by Gasteiger charge is 2.12. The van der Waals surface area contributed by atoms with E-state index in [9.17, 15) is 4.79 Å². The van der Waals surface area contributed by atoms with Crippen LogP contribution in [0.5, 0.6) is 0 Å². The molecule has 0 atom stereocenters. The lowest BCUT2D eigenvalue weighted by atomic mass is 10.1. The minimum Gasteiger partial charge on any atom is -0.396 e. The molecule has 1 aliphatic heterocycles. The molecule has 1 rings (SSSR count). The van der Waals surface area contributed by atoms with Crippen molar-refractivity contribution in [3.05, 3.63) is 36.2 Å². The molecule has 14 heavy (non-hydrogen) atoms. The van der Waals surface area contributed by atoms with E-state index in [2.05, 4.69) is 17.2 Å². The van der Waals surface area contributed by atoms with Crippen molar-refractivity contribution in [2.75, 3.05) is 13.2 Å². The summed E-state index contributed by atoms with van der Waals surface area (Å²) in [6, 6.07) is 0. The molecule has 3 N–H and O–H groups in total. The molecule has 0 saturated heterocycles. The fourth-order valence-corrected chi connectivity index (χ4v) is 1.06. The van der Waals surface area contributed by atoms with Crippen LogP contribution < -0.4 is 10.6 Å². The van der Waals surface area contributed by atoms with Crippen LogP contribution in [0.2, 0.25) is 0 Å². The maximum atomic E-state index is 11.5. The molecule has 4 nitrogen and oxygen atoms in total. The van der Waals surface area contributed by atoms with Gasteiger partial charge in [0.15, 0.2) is 0 Å². The molecule has 1 heterocycles. The van der Waals surface area contributed by atoms with Crippen LogP contribution in [0.25, 0.3) is 0 Å². The molecule has 0 fully saturated rings. The van der Waals surface area contributed by atoms with Crippen molar-refractivity contribution in [1.82, 2.24) is 10.6 Å². The summed E-state index contributed by atoms with van der Waals surface area (Å²) in [7, 11) is 0. The lowest BCUT2D eigenvalue weighted by Gasteiger charge is -2.13. The van der Waals surface area contributed by atoms with Crippen molar-refractivity contribution in [3.63, 3.8) is 0 Å². The third kappa shape index (κ3) is 2.74. The third-order valence-electron chi connectivity index (χ3n) is 1.81. The van der Waals surface area contributed by atoms with Gasteiger partial charge in [-0.3, -0.25) is 4.79 Å². The zero-order chi connectivity index (χ0) is 10.4. The Kier molecular flexibility index (Phi) is 3.94. The number of hydrogen-bond donors (Lipinski definition) is 3. The molecule has 0 bridgehead atoms. The van der Waals surface area contributed by atoms with Gasteiger partial charge in [-0.1, -0.05) is 6.58 Å². The molecule has 0 aromatic carbocycles. The van der Waals surface area contributed by atoms with Crippen molar-refractivity contribution < 1.29 is 9.90 Å². The van der Waals surface area contributed by atoms with Gasteiger partial charge in [-0.2, -0.15) is 0 Å². The number of amides is 1. The Hall–Kier alpha value is -1.55. The van der Waals surface area contributed by atoms with Gasteiger partial charge in [-0.05, 0) is 18.6 Å². The van der Waals surface area contributed by atoms with Gasteiger partial charge in [0, 0.05) is 25.0 Å². The van der Waals surface area contributed by atoms with Crippen LogP contribution in [0.3, 0.4) is 0 Å². The first-order valence-corrected chi connectivity index (χ1v) is 4.47. The molecular formula is C10H14N2O2. The summed E-state index contributed by atoms with van der Waals surface area (Å²) in [4.78, 5) is 11.5. The van der Waals surface area contributed by atoms with Crippen molar-refractivity contribution in [1.29, 1.82) is 0 Å². The Morgan fingerprint density at radius 2 is 2.43 bits per heavy atom. The number of carbonyl (C=O) groups excluding carboxylic acids is 1. The summed E-state index contributed by atoms with van der Waals surface area (Å²) < 4.78 is 0. The third-order valence-corrected chi connectivity index (χ3v) is 1.81. The lowest BCUT2D eigenvalue weighted by Crippen LogP contribution is -2.29. The SMILES string of the molecule is C=C1NC=CC=C1C(=O)NCCCO. The monoisotopic (exact) mass is 194 g/mol. The summed E-state index contributed by atoms with van der Waals surface area (Å²) in [5.41, 5.74) is 1.12. The number of rotatable bonds is 4. The standard InChI is InChI=1S/C10H14N2O2/c1-8-9(4-2-5-11-8)10(14)12-6-3-7-13/h2,4-5,11,13H,1,3,6-7H2,(H,12,14). The molecule has 76 valence electrons. The Morgan fingerprint density at radius 1 is 1.64 bits per heavy atom. The Morgan fingerprint density at radius 3 is 3.07 bits per heavy atom. The first kappa shape index (κ1) is 10.5. The second-order valence-corrected chi connectivity index (χ2v) is 2.90. The zero-order valence-electron chi connectivity index (χ0n) is 7.92. The summed E-state index contributed by atoms with van der Waals surface area (Å²) in [5.74, 6) is -0.166. The zero-order valence-corrected chi connectivity index (χ0v) is 7.92. The maximum absolute atomic E-state index is 11.5. The fraction of sp³-hybridized carbons (Fsp3) is 0.300. The smallest absolute Gasteiger partial charge is 0.253 e. The summed E-state index contributed by atoms with van der Waals surface area (Å²) in [6.45, 7) is 4.26. The lowest BCUT2D eigenvalue weighted by molar-refractivity contribution is -0.117. The second kappa shape index (κ2) is 5.24. The predicted octanol–water partition coefficient (Wildman–Crippen LogP) is 0.0420. The number of carbonyl (C=O) groups is 1. The average molecular weight is 194 g/mol. The molecule has 0 aromatic rings. The van der Waals surface area contributed by atoms with Crippen LogP contribution in [-0.2, 0) is 4.79 Å². The van der Waals surface area contributed by atoms with Gasteiger partial charge in [0.1, 0.15) is 0 Å². The van der Waals surface area contributed by atoms with Crippen LogP contribution in [-0.4, -0.2) is 24.2 Å². The van der Waals surface area contributed by atoms with Gasteiger partial charge in [0.05, 0.1) is 5.57 Å². The Bertz CT molecular complexity index is 292. The van der Waals surface area contributed by atoms with E-state index < -0.39 is 0 Å². The van der Waals surface area contributed by atoms with Gasteiger partial charge < -0.3 is 15.7 Å². The minimum atomic E-state index is -0.166. The molecule has 1 amide bonds. The highest BCUT2D eigenvalue weighted by atomic mass is 16.3. The number of allylic oxidation sites excluding steroid dienone is 2. The number of nitrogens with one attached hydrogen (secondary N) is 2. The van der Waals surface area contributed by atoms with Crippen LogP contribution >= 0.6 is 0 Å². The molecule has 1 aliphatic rings. The molecule has 0 saturated carbocycles. The predicted molar refractivity (Wildman–Crippen MR) is 54.2 cm³/mol. The van der Waals surface area contributed by atoms with E-state index in [4.69, 9.17) is 5.11 Å². The molecular weight excluding hydrogens is 180 g/mol. The highest BCUT2D eigenvalue weighted by Crippen LogP contribution is 2.08. The number of aliphatic hydroxyl groups excluding tert-OH is 1. The van der Waals surface area contributed by atoms with Crippen molar-refractivity contribution >= 4 is 5.91 Å². The van der Waals surface area contributed by atoms with Crippen molar-refractivity contribution in [2.24, 2.45) is 0 Å². The average Bonchev–Trinajstić information content (AvgIpc) is 2.18. The van der Waals surface area contributed by atoms with E-state index in [0.717, 1.165) is 0 Å². The van der Waals surface area contributed by atoms with E-state index in [1.54, 1.807) is 18.4 Å². The van der Waals surface area contributed by atoms with Gasteiger partial charge in [0.2, 0.25) is 0 Å². The van der Waals surface area contributed by atoms with Crippen molar-refractivity contribution in [2.45, 2.75) is 6.42 Å². The topological polar surface area (TPSA) is 61.4 Å². The van der Waals surface area contributed by atoms with Gasteiger partial charge in [0.25, 0.3) is 5.91 Å². The largest absolute Gasteiger partial charge is 0.396 e. The van der Waals surface area contributed by atoms with E-state index in [1.807, 2.05) is 0 Å². The van der Waals surface area contributed by atoms with E-state index in [0.29, 0.717) is 24.2 Å². The first-order valence-electron chi connectivity index (χ1n) is 4.47. The number of hydrogen-bond acceptors (Lipinski definition) is 3. The molecule has 0 aromatic heterocycles. The Balaban J connectivity index is 2.47. The van der Waals surface area contributed by atoms with Crippen LogP contribution in [0, 0.1) is 0 Å². The second-order valence-electron chi connectivity index (χ2n) is 2.90. The van der Waals surface area contributed by atoms with Crippen LogP contribution in [0.15, 0.2) is 36.2 Å². The van der Waals surface area contributed by atoms with E-state index in [1.165, 1.54) is 0 Å². The van der Waals surface area contributed by atoms with Crippen LogP contribution in [0.4, 0.5) is 0 Å². The molecule has 4 heteroatoms. The van der Waals surface area contributed by atoms with Gasteiger partial charge in [-0.15, -0.1) is 0 Å². The molecule has 0 aliphatic carbocycles. The highest BCUT2D eigenvalue weighted by molar-refractivity contribution is 5.98. The molecule has 0 unspecified atom stereocenters. The fourth-order valence-electron chi connectivity index (χ4n) is 1.06. The quantitative estimate of drug-likeness (QED) is 0.554. The molecule has 0 radical (unpaired) electrons. The normalized spacial score (nSPS) is 14.6. The van der Waals surface area contributed by atoms with Gasteiger partial charge >= 0.3 is 0 Å². The van der Waals surface area contributed by atoms with E-state index in [-0.39, 0.29) is 12.5 Å². The van der Waals surface area contributed by atoms with Crippen LogP contribution in [0.1, 0.15) is 6.42 Å². The van der Waals surface area contributed by atoms with Gasteiger partial charge in [-0.25, -0.2) is 0 Å². The minimum absolute atomic E-state index is 0.0818. The van der Waals surface area contributed by atoms with E-state index >= 15 is 0 Å². The molecule has 0 spiro atoms. The Labute approximate surface area is 83.0 Å². The maximum Gasteiger partial charge on any atom is 0.253 e. The number of aliphatic hydroxyl groups is 1. The number of dihydropyridines is 1. The summed E-state index contributed by atoms with van der Waals surface area (Å²) in [6.07, 6.45) is 5.73. The van der Waals surface area contributed by atoms with Crippen molar-refractivity contribution in [3.8, 4) is 0 Å².